The maximum atomic E-state index is 11.0. The van der Waals surface area contributed by atoms with Crippen LogP contribution < -0.4 is 5.32 Å². The van der Waals surface area contributed by atoms with E-state index in [9.17, 15) is 4.79 Å². The minimum Gasteiger partial charge on any atom is -0.354 e. The third-order valence-electron chi connectivity index (χ3n) is 6.86. The standard InChI is InChI=1S/C19H31NO6/c1-11-5-6-15-12(2)16(22-10-9-20-13(3)21)23-17-19(15)14(11)7-8-18(4,24-17)25-26-19/h11-12,14-17H,5-10H2,1-4H3,(H,20,21)/t11-,12-,14?,15?,16?,17-,18?,19-/m1/s1. The summed E-state index contributed by atoms with van der Waals surface area (Å²) in [5.41, 5.74) is -0.551. The summed E-state index contributed by atoms with van der Waals surface area (Å²) in [7, 11) is 0. The summed E-state index contributed by atoms with van der Waals surface area (Å²) in [5, 5.41) is 2.75. The van der Waals surface area contributed by atoms with E-state index in [1.165, 1.54) is 13.3 Å². The first kappa shape index (κ1) is 18.6. The van der Waals surface area contributed by atoms with Crippen LogP contribution in [0.5, 0.6) is 0 Å². The van der Waals surface area contributed by atoms with Crippen LogP contribution in [0.1, 0.15) is 53.4 Å². The highest BCUT2D eigenvalue weighted by Crippen LogP contribution is 2.60. The number of carbonyl (C=O) groups is 1. The summed E-state index contributed by atoms with van der Waals surface area (Å²) in [4.78, 5) is 22.9. The second kappa shape index (κ2) is 6.71. The Morgan fingerprint density at radius 2 is 2.00 bits per heavy atom. The van der Waals surface area contributed by atoms with Crippen molar-refractivity contribution >= 4 is 5.91 Å². The molecule has 0 aromatic rings. The highest BCUT2D eigenvalue weighted by atomic mass is 17.3. The molecule has 1 amide bonds. The van der Waals surface area contributed by atoms with E-state index in [1.807, 2.05) is 6.92 Å². The van der Waals surface area contributed by atoms with E-state index >= 15 is 0 Å². The minimum absolute atomic E-state index is 0.0582. The molecule has 4 unspecified atom stereocenters. The van der Waals surface area contributed by atoms with Crippen molar-refractivity contribution in [3.63, 3.8) is 0 Å². The number of ether oxygens (including phenoxy) is 3. The maximum absolute atomic E-state index is 11.0. The third-order valence-corrected chi connectivity index (χ3v) is 6.86. The van der Waals surface area contributed by atoms with E-state index in [0.29, 0.717) is 25.0 Å². The third kappa shape index (κ3) is 2.88. The smallest absolute Gasteiger partial charge is 0.216 e. The van der Waals surface area contributed by atoms with Gasteiger partial charge < -0.3 is 19.5 Å². The zero-order valence-corrected chi connectivity index (χ0v) is 16.2. The number of carbonyl (C=O) groups excluding carboxylic acids is 1. The number of amides is 1. The first-order chi connectivity index (χ1) is 12.4. The van der Waals surface area contributed by atoms with Crippen molar-refractivity contribution in [1.82, 2.24) is 5.32 Å². The molecule has 0 aromatic carbocycles. The van der Waals surface area contributed by atoms with Gasteiger partial charge in [-0.15, -0.1) is 0 Å². The second-order valence-corrected chi connectivity index (χ2v) is 8.63. The molecule has 0 aromatic heterocycles. The van der Waals surface area contributed by atoms with Gasteiger partial charge in [-0.1, -0.05) is 13.8 Å². The van der Waals surface area contributed by atoms with Gasteiger partial charge in [-0.3, -0.25) is 4.79 Å². The molecular formula is C19H31NO6. The maximum Gasteiger partial charge on any atom is 0.216 e. The van der Waals surface area contributed by atoms with Crippen LogP contribution in [-0.4, -0.2) is 43.0 Å². The van der Waals surface area contributed by atoms with Gasteiger partial charge in [-0.2, -0.15) is 0 Å². The summed E-state index contributed by atoms with van der Waals surface area (Å²) < 4.78 is 18.6. The Balaban J connectivity index is 1.55. The van der Waals surface area contributed by atoms with Crippen molar-refractivity contribution < 1.29 is 28.8 Å². The van der Waals surface area contributed by atoms with Gasteiger partial charge in [0.05, 0.1) is 6.61 Å². The Hall–Kier alpha value is -0.730. The lowest BCUT2D eigenvalue weighted by Crippen LogP contribution is -2.70. The van der Waals surface area contributed by atoms with Crippen LogP contribution in [0.15, 0.2) is 0 Å². The highest BCUT2D eigenvalue weighted by molar-refractivity contribution is 5.72. The zero-order valence-electron chi connectivity index (χ0n) is 16.2. The molecule has 148 valence electrons. The fourth-order valence-corrected chi connectivity index (χ4v) is 5.46. The molecular weight excluding hydrogens is 338 g/mol. The van der Waals surface area contributed by atoms with Crippen molar-refractivity contribution in [3.05, 3.63) is 0 Å². The van der Waals surface area contributed by atoms with Crippen LogP contribution in [-0.2, 0) is 28.8 Å². The predicted octanol–water partition coefficient (Wildman–Crippen LogP) is 2.35. The van der Waals surface area contributed by atoms with Crippen LogP contribution in [0.2, 0.25) is 0 Å². The average molecular weight is 369 g/mol. The molecule has 4 aliphatic heterocycles. The average Bonchev–Trinajstić information content (AvgIpc) is 2.82. The number of fused-ring (bicyclic) bond motifs is 2. The molecule has 1 spiro atoms. The van der Waals surface area contributed by atoms with Gasteiger partial charge in [0, 0.05) is 31.7 Å². The van der Waals surface area contributed by atoms with Crippen LogP contribution >= 0.6 is 0 Å². The molecule has 8 atom stereocenters. The Morgan fingerprint density at radius 1 is 1.19 bits per heavy atom. The second-order valence-electron chi connectivity index (χ2n) is 8.63. The van der Waals surface area contributed by atoms with Crippen molar-refractivity contribution in [1.29, 1.82) is 0 Å². The molecule has 5 aliphatic rings. The fourth-order valence-electron chi connectivity index (χ4n) is 5.46. The fraction of sp³-hybridized carbons (Fsp3) is 0.947. The molecule has 1 saturated carbocycles. The number of hydrogen-bond donors (Lipinski definition) is 1. The van der Waals surface area contributed by atoms with E-state index < -0.39 is 17.7 Å². The largest absolute Gasteiger partial charge is 0.354 e. The van der Waals surface area contributed by atoms with E-state index in [2.05, 4.69) is 19.2 Å². The molecule has 7 heteroatoms. The van der Waals surface area contributed by atoms with Gasteiger partial charge in [-0.05, 0) is 38.0 Å². The van der Waals surface area contributed by atoms with Gasteiger partial charge in [0.15, 0.2) is 18.2 Å². The first-order valence-corrected chi connectivity index (χ1v) is 9.92. The monoisotopic (exact) mass is 369 g/mol. The van der Waals surface area contributed by atoms with E-state index in [4.69, 9.17) is 24.0 Å². The van der Waals surface area contributed by atoms with Crippen molar-refractivity contribution in [3.8, 4) is 0 Å². The molecule has 2 bridgehead atoms. The van der Waals surface area contributed by atoms with E-state index in [1.54, 1.807) is 0 Å². The summed E-state index contributed by atoms with van der Waals surface area (Å²) >= 11 is 0. The molecule has 7 nitrogen and oxygen atoms in total. The number of nitrogens with one attached hydrogen (secondary N) is 1. The van der Waals surface area contributed by atoms with Crippen LogP contribution in [0, 0.1) is 23.7 Å². The molecule has 5 fully saturated rings. The lowest BCUT2D eigenvalue weighted by molar-refractivity contribution is -0.577. The van der Waals surface area contributed by atoms with Gasteiger partial charge in [0.25, 0.3) is 0 Å². The molecule has 4 heterocycles. The zero-order chi connectivity index (χ0) is 18.5. The number of rotatable bonds is 4. The minimum atomic E-state index is -0.765. The summed E-state index contributed by atoms with van der Waals surface area (Å²) in [6.07, 6.45) is 3.20. The van der Waals surface area contributed by atoms with Gasteiger partial charge in [0.1, 0.15) is 0 Å². The first-order valence-electron chi connectivity index (χ1n) is 9.92. The molecule has 5 rings (SSSR count). The Labute approximate surface area is 154 Å². The summed E-state index contributed by atoms with van der Waals surface area (Å²) in [6, 6.07) is 0. The van der Waals surface area contributed by atoms with Crippen LogP contribution in [0.4, 0.5) is 0 Å². The summed E-state index contributed by atoms with van der Waals surface area (Å²) in [5.74, 6) is 0.507. The molecule has 0 radical (unpaired) electrons. The van der Waals surface area contributed by atoms with Gasteiger partial charge in [-0.25, -0.2) is 9.78 Å². The summed E-state index contributed by atoms with van der Waals surface area (Å²) in [6.45, 7) is 8.77. The molecule has 4 saturated heterocycles. The van der Waals surface area contributed by atoms with Crippen LogP contribution in [0.25, 0.3) is 0 Å². The van der Waals surface area contributed by atoms with Crippen molar-refractivity contribution in [2.45, 2.75) is 77.3 Å². The molecule has 1 N–H and O–H groups in total. The highest BCUT2D eigenvalue weighted by Gasteiger charge is 2.69. The van der Waals surface area contributed by atoms with E-state index in [-0.39, 0.29) is 24.0 Å². The van der Waals surface area contributed by atoms with Crippen molar-refractivity contribution in [2.75, 3.05) is 13.2 Å². The molecule has 26 heavy (non-hydrogen) atoms. The quantitative estimate of drug-likeness (QED) is 0.606. The lowest BCUT2D eigenvalue weighted by atomic mass is 9.58. The van der Waals surface area contributed by atoms with Crippen molar-refractivity contribution in [2.24, 2.45) is 23.7 Å². The Morgan fingerprint density at radius 3 is 2.77 bits per heavy atom. The Bertz CT molecular complexity index is 558. The normalized spacial score (nSPS) is 50.0. The predicted molar refractivity (Wildman–Crippen MR) is 91.5 cm³/mol. The van der Waals surface area contributed by atoms with E-state index in [0.717, 1.165) is 19.3 Å². The SMILES string of the molecule is CC(=O)NCCOC1O[C@@H]2OC3(C)CCC4[C@H](C)CCC([C@H]1C)[C@]42OO3. The van der Waals surface area contributed by atoms with Crippen LogP contribution in [0.3, 0.4) is 0 Å². The van der Waals surface area contributed by atoms with Gasteiger partial charge in [0.2, 0.25) is 11.7 Å². The number of hydrogen-bond acceptors (Lipinski definition) is 6. The van der Waals surface area contributed by atoms with Gasteiger partial charge >= 0.3 is 0 Å². The topological polar surface area (TPSA) is 75.3 Å². The lowest BCUT2D eigenvalue weighted by Gasteiger charge is -2.60. The Kier molecular flexibility index (Phi) is 4.80. The molecule has 1 aliphatic carbocycles.